The topological polar surface area (TPSA) is 88.7 Å². The van der Waals surface area contributed by atoms with E-state index in [9.17, 15) is 5.11 Å². The van der Waals surface area contributed by atoms with E-state index >= 15 is 0 Å². The number of aromatic nitrogens is 5. The molecule has 4 aromatic heterocycles. The van der Waals surface area contributed by atoms with Crippen LogP contribution in [0.1, 0.15) is 11.4 Å². The molecule has 0 aliphatic rings. The lowest BCUT2D eigenvalue weighted by atomic mass is 10.4. The third kappa shape index (κ3) is 5.01. The molecule has 8 nitrogen and oxygen atoms in total. The largest absolute Gasteiger partial charge is 0.390 e. The summed E-state index contributed by atoms with van der Waals surface area (Å²) in [6.45, 7) is 9.89. The number of aliphatic hydroxyl groups is 1. The summed E-state index contributed by atoms with van der Waals surface area (Å²) < 4.78 is 12.4. The molecular formula is C20H26N6O2S2Si. The molecule has 0 radical (unpaired) electrons. The Morgan fingerprint density at radius 1 is 1.26 bits per heavy atom. The number of anilines is 2. The molecule has 4 aromatic rings. The standard InChI is InChI=1S/C20H26N6O2S2Si/c1-14-11-25-16(20-21-5-7-29-20)10-22-18(25)19(23-14)26(13-28-6-8-31(2,3)4)17-9-15(12-27)24-30-17/h5,7,9-11,27H,6,8,12-13H2,1-4H3. The van der Waals surface area contributed by atoms with E-state index in [1.54, 1.807) is 17.5 Å². The SMILES string of the molecule is Cc1cn2c(-c3nccs3)cnc2c(N(COCC[Si](C)(C)C)c2cc(CO)ns2)n1. The van der Waals surface area contributed by atoms with Gasteiger partial charge in [0.15, 0.2) is 11.5 Å². The molecule has 0 aromatic carbocycles. The van der Waals surface area contributed by atoms with Crippen molar-refractivity contribution in [1.82, 2.24) is 23.7 Å². The van der Waals surface area contributed by atoms with Gasteiger partial charge in [0.25, 0.3) is 0 Å². The summed E-state index contributed by atoms with van der Waals surface area (Å²) in [5.74, 6) is 0.698. The van der Waals surface area contributed by atoms with Gasteiger partial charge in [0.05, 0.1) is 24.2 Å². The molecule has 11 heteroatoms. The lowest BCUT2D eigenvalue weighted by Crippen LogP contribution is -2.26. The zero-order valence-electron chi connectivity index (χ0n) is 18.1. The molecule has 31 heavy (non-hydrogen) atoms. The number of nitrogens with zero attached hydrogens (tertiary/aromatic N) is 6. The van der Waals surface area contributed by atoms with E-state index in [0.717, 1.165) is 33.1 Å². The van der Waals surface area contributed by atoms with Crippen LogP contribution in [0.25, 0.3) is 16.3 Å². The molecule has 0 aliphatic heterocycles. The fourth-order valence-corrected chi connectivity index (χ4v) is 5.19. The zero-order valence-corrected chi connectivity index (χ0v) is 20.7. The second kappa shape index (κ2) is 9.13. The number of imidazole rings is 1. The number of fused-ring (bicyclic) bond motifs is 1. The lowest BCUT2D eigenvalue weighted by Gasteiger charge is -2.23. The van der Waals surface area contributed by atoms with E-state index < -0.39 is 8.07 Å². The summed E-state index contributed by atoms with van der Waals surface area (Å²) in [7, 11) is -1.19. The van der Waals surface area contributed by atoms with Gasteiger partial charge in [0, 0.05) is 32.5 Å². The van der Waals surface area contributed by atoms with Crippen LogP contribution in [0.15, 0.2) is 30.0 Å². The Hall–Kier alpha value is -2.18. The van der Waals surface area contributed by atoms with Gasteiger partial charge in [0.1, 0.15) is 22.4 Å². The van der Waals surface area contributed by atoms with Crippen LogP contribution in [-0.4, -0.2) is 50.2 Å². The van der Waals surface area contributed by atoms with Gasteiger partial charge in [-0.2, -0.15) is 4.37 Å². The number of aryl methyl sites for hydroxylation is 1. The van der Waals surface area contributed by atoms with E-state index in [1.807, 2.05) is 40.1 Å². The van der Waals surface area contributed by atoms with Crippen LogP contribution >= 0.6 is 22.9 Å². The van der Waals surface area contributed by atoms with Gasteiger partial charge in [-0.25, -0.2) is 15.0 Å². The molecule has 0 fully saturated rings. The van der Waals surface area contributed by atoms with Crippen LogP contribution in [0.2, 0.25) is 25.7 Å². The van der Waals surface area contributed by atoms with E-state index in [2.05, 4.69) is 34.0 Å². The first-order valence-electron chi connectivity index (χ1n) is 10.0. The van der Waals surface area contributed by atoms with Crippen molar-refractivity contribution in [2.45, 2.75) is 39.2 Å². The Morgan fingerprint density at radius 3 is 2.77 bits per heavy atom. The first kappa shape index (κ1) is 22.0. The highest BCUT2D eigenvalue weighted by molar-refractivity contribution is 7.13. The fraction of sp³-hybridized carbons (Fsp3) is 0.400. The summed E-state index contributed by atoms with van der Waals surface area (Å²) in [6.07, 6.45) is 5.59. The van der Waals surface area contributed by atoms with Crippen molar-refractivity contribution in [2.24, 2.45) is 0 Å². The molecule has 4 rings (SSSR count). The average molecular weight is 475 g/mol. The van der Waals surface area contributed by atoms with Gasteiger partial charge < -0.3 is 9.84 Å². The number of ether oxygens (including phenoxy) is 1. The van der Waals surface area contributed by atoms with Crippen molar-refractivity contribution >= 4 is 47.4 Å². The Morgan fingerprint density at radius 2 is 2.10 bits per heavy atom. The van der Waals surface area contributed by atoms with Crippen molar-refractivity contribution in [3.8, 4) is 10.7 Å². The smallest absolute Gasteiger partial charge is 0.181 e. The molecule has 0 spiro atoms. The molecule has 0 saturated carbocycles. The maximum Gasteiger partial charge on any atom is 0.181 e. The number of rotatable bonds is 9. The maximum absolute atomic E-state index is 9.49. The lowest BCUT2D eigenvalue weighted by molar-refractivity contribution is 0.153. The van der Waals surface area contributed by atoms with Gasteiger partial charge in [-0.15, -0.1) is 11.3 Å². The average Bonchev–Trinajstić information content (AvgIpc) is 3.46. The molecule has 0 aliphatic carbocycles. The minimum Gasteiger partial charge on any atom is -0.390 e. The number of hydrogen-bond acceptors (Lipinski definition) is 9. The van der Waals surface area contributed by atoms with E-state index in [-0.39, 0.29) is 6.61 Å². The third-order valence-corrected chi connectivity index (χ3v) is 8.04. The van der Waals surface area contributed by atoms with Crippen LogP contribution in [0.4, 0.5) is 10.8 Å². The van der Waals surface area contributed by atoms with E-state index in [4.69, 9.17) is 9.72 Å². The first-order valence-corrected chi connectivity index (χ1v) is 15.4. The van der Waals surface area contributed by atoms with Crippen LogP contribution < -0.4 is 4.90 Å². The molecule has 0 atom stereocenters. The van der Waals surface area contributed by atoms with Crippen molar-refractivity contribution in [3.05, 3.63) is 41.4 Å². The maximum atomic E-state index is 9.49. The van der Waals surface area contributed by atoms with Gasteiger partial charge in [0.2, 0.25) is 0 Å². The molecule has 0 saturated heterocycles. The van der Waals surface area contributed by atoms with Gasteiger partial charge in [-0.1, -0.05) is 19.6 Å². The Labute approximate surface area is 190 Å². The van der Waals surface area contributed by atoms with Crippen LogP contribution in [0.3, 0.4) is 0 Å². The van der Waals surface area contributed by atoms with E-state index in [1.165, 1.54) is 11.5 Å². The molecule has 0 amide bonds. The molecule has 0 unspecified atom stereocenters. The van der Waals surface area contributed by atoms with Crippen molar-refractivity contribution in [1.29, 1.82) is 0 Å². The predicted molar refractivity (Wildman–Crippen MR) is 128 cm³/mol. The second-order valence-corrected chi connectivity index (χ2v) is 15.8. The summed E-state index contributed by atoms with van der Waals surface area (Å²) in [4.78, 5) is 15.9. The Bertz CT molecular complexity index is 1150. The van der Waals surface area contributed by atoms with E-state index in [0.29, 0.717) is 24.8 Å². The molecule has 0 bridgehead atoms. The highest BCUT2D eigenvalue weighted by Gasteiger charge is 2.22. The molecular weight excluding hydrogens is 448 g/mol. The van der Waals surface area contributed by atoms with Crippen molar-refractivity contribution in [2.75, 3.05) is 18.2 Å². The normalized spacial score (nSPS) is 12.0. The fourth-order valence-electron chi connectivity index (χ4n) is 3.04. The number of thiazole rings is 1. The highest BCUT2D eigenvalue weighted by Crippen LogP contribution is 2.33. The summed E-state index contributed by atoms with van der Waals surface area (Å²) in [5.41, 5.74) is 3.14. The second-order valence-electron chi connectivity index (χ2n) is 8.47. The molecule has 1 N–H and O–H groups in total. The van der Waals surface area contributed by atoms with Gasteiger partial charge >= 0.3 is 0 Å². The minimum absolute atomic E-state index is 0.102. The third-order valence-electron chi connectivity index (χ3n) is 4.69. The molecule has 4 heterocycles. The van der Waals surface area contributed by atoms with Gasteiger partial charge in [-0.3, -0.25) is 9.30 Å². The van der Waals surface area contributed by atoms with Crippen LogP contribution in [0, 0.1) is 6.92 Å². The summed E-state index contributed by atoms with van der Waals surface area (Å²) >= 11 is 2.89. The van der Waals surface area contributed by atoms with Gasteiger partial charge in [-0.05, 0) is 30.6 Å². The highest BCUT2D eigenvalue weighted by atomic mass is 32.1. The molecule has 164 valence electrons. The van der Waals surface area contributed by atoms with Crippen LogP contribution in [-0.2, 0) is 11.3 Å². The monoisotopic (exact) mass is 474 g/mol. The number of hydrogen-bond donors (Lipinski definition) is 1. The Kier molecular flexibility index (Phi) is 6.48. The summed E-state index contributed by atoms with van der Waals surface area (Å²) in [6, 6.07) is 2.96. The van der Waals surface area contributed by atoms with Crippen molar-refractivity contribution in [3.63, 3.8) is 0 Å². The number of aliphatic hydroxyl groups excluding tert-OH is 1. The summed E-state index contributed by atoms with van der Waals surface area (Å²) in [5, 5.41) is 13.2. The minimum atomic E-state index is -1.19. The van der Waals surface area contributed by atoms with Crippen LogP contribution in [0.5, 0.6) is 0 Å². The zero-order chi connectivity index (χ0) is 22.0. The Balaban J connectivity index is 1.73. The quantitative estimate of drug-likeness (QED) is 0.216. The predicted octanol–water partition coefficient (Wildman–Crippen LogP) is 4.56. The first-order chi connectivity index (χ1) is 14.9. The van der Waals surface area contributed by atoms with Crippen molar-refractivity contribution < 1.29 is 9.84 Å².